The lowest BCUT2D eigenvalue weighted by atomic mass is 9.99. The Morgan fingerprint density at radius 1 is 0.500 bits per heavy atom. The van der Waals surface area contributed by atoms with Gasteiger partial charge in [0.15, 0.2) is 6.29 Å². The highest BCUT2D eigenvalue weighted by atomic mass is 16.7. The number of aliphatic hydroxyl groups excluding tert-OH is 4. The number of unbranched alkanes of at least 4 members (excludes halogenated alkanes) is 31. The van der Waals surface area contributed by atoms with E-state index in [0.717, 1.165) is 44.9 Å². The molecule has 0 aromatic heterocycles. The normalized spacial score (nSPS) is 19.9. The summed E-state index contributed by atoms with van der Waals surface area (Å²) in [5.74, 6) is -0.319. The molecule has 6 atom stereocenters. The average Bonchev–Trinajstić information content (AvgIpc) is 3.27. The number of carbonyl (C=O) groups is 1. The zero-order valence-corrected chi connectivity index (χ0v) is 40.4. The molecule has 9 nitrogen and oxygen atoms in total. The van der Waals surface area contributed by atoms with Crippen molar-refractivity contribution in [3.8, 4) is 0 Å². The fourth-order valence-corrected chi connectivity index (χ4v) is 8.19. The van der Waals surface area contributed by atoms with E-state index in [-0.39, 0.29) is 19.2 Å². The largest absolute Gasteiger partial charge is 0.457 e. The summed E-state index contributed by atoms with van der Waals surface area (Å²) in [7, 11) is 0. The lowest BCUT2D eigenvalue weighted by Gasteiger charge is -2.39. The fraction of sp³-hybridized carbons (Fsp3) is 0.906. The molecule has 62 heavy (non-hydrogen) atoms. The van der Waals surface area contributed by atoms with E-state index in [9.17, 15) is 25.2 Å². The van der Waals surface area contributed by atoms with Crippen LogP contribution >= 0.6 is 0 Å². The van der Waals surface area contributed by atoms with E-state index in [1.54, 1.807) is 0 Å². The summed E-state index contributed by atoms with van der Waals surface area (Å²) in [6.45, 7) is 4.57. The molecular formula is C53H100O9. The number of esters is 1. The van der Waals surface area contributed by atoms with Crippen LogP contribution in [-0.2, 0) is 23.7 Å². The molecule has 0 spiro atoms. The van der Waals surface area contributed by atoms with Gasteiger partial charge >= 0.3 is 5.97 Å². The first-order valence-corrected chi connectivity index (χ1v) is 26.4. The molecule has 0 aromatic rings. The molecule has 1 fully saturated rings. The number of hydrogen-bond donors (Lipinski definition) is 4. The molecule has 0 bridgehead atoms. The summed E-state index contributed by atoms with van der Waals surface area (Å²) in [4.78, 5) is 12.8. The monoisotopic (exact) mass is 881 g/mol. The van der Waals surface area contributed by atoms with E-state index in [4.69, 9.17) is 18.9 Å². The summed E-state index contributed by atoms with van der Waals surface area (Å²) in [6, 6.07) is 0. The molecule has 0 aromatic carbocycles. The van der Waals surface area contributed by atoms with Crippen molar-refractivity contribution in [3.63, 3.8) is 0 Å². The Bertz CT molecular complexity index is 1000. The number of rotatable bonds is 46. The van der Waals surface area contributed by atoms with Crippen LogP contribution < -0.4 is 0 Å². The third-order valence-corrected chi connectivity index (χ3v) is 12.3. The average molecular weight is 881 g/mol. The summed E-state index contributed by atoms with van der Waals surface area (Å²) < 4.78 is 22.9. The highest BCUT2D eigenvalue weighted by molar-refractivity contribution is 5.69. The molecule has 1 aliphatic heterocycles. The minimum Gasteiger partial charge on any atom is -0.457 e. The number of carbonyl (C=O) groups excluding carboxylic acids is 1. The van der Waals surface area contributed by atoms with Gasteiger partial charge in [-0.1, -0.05) is 199 Å². The van der Waals surface area contributed by atoms with Crippen molar-refractivity contribution in [2.75, 3.05) is 26.4 Å². The molecule has 0 radical (unpaired) electrons. The van der Waals surface area contributed by atoms with Crippen LogP contribution in [0, 0.1) is 0 Å². The highest BCUT2D eigenvalue weighted by Crippen LogP contribution is 2.23. The Kier molecular flexibility index (Phi) is 42.5. The van der Waals surface area contributed by atoms with Gasteiger partial charge in [0.2, 0.25) is 0 Å². The molecule has 0 aliphatic carbocycles. The van der Waals surface area contributed by atoms with Gasteiger partial charge in [-0.15, -0.1) is 0 Å². The van der Waals surface area contributed by atoms with Crippen LogP contribution in [0.1, 0.15) is 245 Å². The SMILES string of the molecule is CCCCCC/C=C\CCCCCCCC(=O)OC(COCCCCCCCCCCCCCCCC/C=C\CCCCCCCCCC)COC1OC(CO)C(O)C(O)C1O. The van der Waals surface area contributed by atoms with Gasteiger partial charge in [0.25, 0.3) is 0 Å². The predicted octanol–water partition coefficient (Wildman–Crippen LogP) is 12.9. The van der Waals surface area contributed by atoms with E-state index in [1.807, 2.05) is 0 Å². The molecule has 9 heteroatoms. The molecule has 1 saturated heterocycles. The van der Waals surface area contributed by atoms with E-state index >= 15 is 0 Å². The maximum Gasteiger partial charge on any atom is 0.306 e. The summed E-state index contributed by atoms with van der Waals surface area (Å²) >= 11 is 0. The molecule has 4 N–H and O–H groups in total. The molecule has 0 saturated carbocycles. The molecular weight excluding hydrogens is 781 g/mol. The number of ether oxygens (including phenoxy) is 4. The fourth-order valence-electron chi connectivity index (χ4n) is 8.19. The summed E-state index contributed by atoms with van der Waals surface area (Å²) in [5.41, 5.74) is 0. The van der Waals surface area contributed by atoms with Crippen molar-refractivity contribution < 1.29 is 44.2 Å². The minimum absolute atomic E-state index is 0.113. The van der Waals surface area contributed by atoms with Crippen LogP contribution in [0.5, 0.6) is 0 Å². The molecule has 366 valence electrons. The van der Waals surface area contributed by atoms with Gasteiger partial charge < -0.3 is 39.4 Å². The lowest BCUT2D eigenvalue weighted by Crippen LogP contribution is -2.59. The zero-order chi connectivity index (χ0) is 45.0. The Morgan fingerprint density at radius 2 is 0.887 bits per heavy atom. The van der Waals surface area contributed by atoms with Crippen molar-refractivity contribution in [1.82, 2.24) is 0 Å². The van der Waals surface area contributed by atoms with Crippen LogP contribution in [-0.4, -0.2) is 89.6 Å². The van der Waals surface area contributed by atoms with Crippen molar-refractivity contribution in [1.29, 1.82) is 0 Å². The number of allylic oxidation sites excluding steroid dienone is 4. The van der Waals surface area contributed by atoms with Crippen molar-refractivity contribution in [2.45, 2.75) is 282 Å². The van der Waals surface area contributed by atoms with Crippen LogP contribution in [0.4, 0.5) is 0 Å². The number of hydrogen-bond acceptors (Lipinski definition) is 9. The van der Waals surface area contributed by atoms with Gasteiger partial charge in [-0.3, -0.25) is 4.79 Å². The maximum atomic E-state index is 12.8. The molecule has 0 amide bonds. The highest BCUT2D eigenvalue weighted by Gasteiger charge is 2.44. The van der Waals surface area contributed by atoms with Crippen molar-refractivity contribution >= 4 is 5.97 Å². The smallest absolute Gasteiger partial charge is 0.306 e. The summed E-state index contributed by atoms with van der Waals surface area (Å²) in [5, 5.41) is 40.2. The van der Waals surface area contributed by atoms with Crippen LogP contribution in [0.25, 0.3) is 0 Å². The van der Waals surface area contributed by atoms with Crippen LogP contribution in [0.15, 0.2) is 24.3 Å². The predicted molar refractivity (Wildman–Crippen MR) is 256 cm³/mol. The molecule has 1 heterocycles. The second kappa shape index (κ2) is 44.9. The maximum absolute atomic E-state index is 12.8. The van der Waals surface area contributed by atoms with Crippen molar-refractivity contribution in [2.24, 2.45) is 0 Å². The van der Waals surface area contributed by atoms with Crippen molar-refractivity contribution in [3.05, 3.63) is 24.3 Å². The Balaban J connectivity index is 2.13. The van der Waals surface area contributed by atoms with Crippen LogP contribution in [0.3, 0.4) is 0 Å². The molecule has 1 aliphatic rings. The van der Waals surface area contributed by atoms with Gasteiger partial charge in [0.1, 0.15) is 30.5 Å². The van der Waals surface area contributed by atoms with E-state index in [1.165, 1.54) is 180 Å². The van der Waals surface area contributed by atoms with E-state index < -0.39 is 43.4 Å². The van der Waals surface area contributed by atoms with Gasteiger partial charge in [0.05, 0.1) is 19.8 Å². The first-order chi connectivity index (χ1) is 30.4. The first-order valence-electron chi connectivity index (χ1n) is 26.4. The Hall–Kier alpha value is -1.33. The quantitative estimate of drug-likeness (QED) is 0.0268. The minimum atomic E-state index is -1.54. The van der Waals surface area contributed by atoms with Gasteiger partial charge in [0, 0.05) is 13.0 Å². The molecule has 6 unspecified atom stereocenters. The topological polar surface area (TPSA) is 135 Å². The second-order valence-corrected chi connectivity index (χ2v) is 18.3. The van der Waals surface area contributed by atoms with Crippen LogP contribution in [0.2, 0.25) is 0 Å². The van der Waals surface area contributed by atoms with E-state index in [2.05, 4.69) is 38.2 Å². The number of aliphatic hydroxyl groups is 4. The standard InChI is InChI=1S/C53H100O9/c1-3-5-7-9-11-13-15-17-18-19-20-21-22-23-24-25-26-27-28-29-31-33-35-37-39-41-43-59-45-47(46-60-53-52(58)51(57)50(56)48(44-54)62-53)61-49(55)42-40-38-36-34-32-30-16-14-12-10-8-6-4-2/h14,16,19-20,47-48,50-54,56-58H,3-13,15,17-18,21-46H2,1-2H3/b16-14-,20-19-. The Morgan fingerprint density at radius 3 is 1.32 bits per heavy atom. The van der Waals surface area contributed by atoms with E-state index in [0.29, 0.717) is 13.0 Å². The Labute approximate surface area is 381 Å². The van der Waals surface area contributed by atoms with Gasteiger partial charge in [-0.25, -0.2) is 0 Å². The zero-order valence-electron chi connectivity index (χ0n) is 40.4. The second-order valence-electron chi connectivity index (χ2n) is 18.3. The van der Waals surface area contributed by atoms with Gasteiger partial charge in [-0.2, -0.15) is 0 Å². The third-order valence-electron chi connectivity index (χ3n) is 12.3. The summed E-state index contributed by atoms with van der Waals surface area (Å²) in [6.07, 6.45) is 46.5. The third kappa shape index (κ3) is 35.0. The first kappa shape index (κ1) is 58.7. The lowest BCUT2D eigenvalue weighted by molar-refractivity contribution is -0.305. The molecule has 1 rings (SSSR count). The van der Waals surface area contributed by atoms with Gasteiger partial charge in [-0.05, 0) is 64.2 Å².